The molecule has 0 aliphatic carbocycles. The second-order valence-electron chi connectivity index (χ2n) is 22.6. The molecule has 2 saturated heterocycles. The molecule has 440 valence electrons. The van der Waals surface area contributed by atoms with Gasteiger partial charge in [-0.3, -0.25) is 4.79 Å². The summed E-state index contributed by atoms with van der Waals surface area (Å²) in [6.45, 7) is 2.91. The molecule has 0 bridgehead atoms. The van der Waals surface area contributed by atoms with Gasteiger partial charge in [-0.1, -0.05) is 264 Å². The Morgan fingerprint density at radius 2 is 0.770 bits per heavy atom. The van der Waals surface area contributed by atoms with Gasteiger partial charge in [0, 0.05) is 6.42 Å². The standard InChI is InChI=1S/C60H117NO13/c1-3-5-7-9-11-13-15-17-19-21-22-23-24-25-26-28-29-31-33-35-37-39-41-43-49(64)48(61-52(65)44-42-40-38-36-34-32-30-27-20-18-16-14-12-10-8-6-4-2)47-71-59-57(70)55(68)58(51(46-63)73-59)74-60-56(69)54(67)53(66)50(45-62)72-60/h48-51,53-60,62-64,66-70H,3-47H2,1-2H3,(H,61,65). The van der Waals surface area contributed by atoms with Gasteiger partial charge < -0.3 is 65.1 Å². The Hall–Kier alpha value is -1.01. The molecule has 9 N–H and O–H groups in total. The van der Waals surface area contributed by atoms with Crippen LogP contribution in [0.2, 0.25) is 0 Å². The van der Waals surface area contributed by atoms with Gasteiger partial charge in [0.15, 0.2) is 12.6 Å². The molecule has 14 nitrogen and oxygen atoms in total. The zero-order chi connectivity index (χ0) is 53.9. The number of carbonyl (C=O) groups excluding carboxylic acids is 1. The highest BCUT2D eigenvalue weighted by molar-refractivity contribution is 5.76. The van der Waals surface area contributed by atoms with Crippen LogP contribution in [0, 0.1) is 0 Å². The molecule has 74 heavy (non-hydrogen) atoms. The van der Waals surface area contributed by atoms with E-state index >= 15 is 0 Å². The van der Waals surface area contributed by atoms with Gasteiger partial charge in [0.2, 0.25) is 5.91 Å². The molecule has 12 atom stereocenters. The van der Waals surface area contributed by atoms with Crippen molar-refractivity contribution in [2.75, 3.05) is 19.8 Å². The van der Waals surface area contributed by atoms with Crippen molar-refractivity contribution in [3.63, 3.8) is 0 Å². The van der Waals surface area contributed by atoms with Gasteiger partial charge >= 0.3 is 0 Å². The van der Waals surface area contributed by atoms with Gasteiger partial charge in [0.05, 0.1) is 32.0 Å². The van der Waals surface area contributed by atoms with E-state index in [1.54, 1.807) is 0 Å². The van der Waals surface area contributed by atoms with Gasteiger partial charge in [-0.2, -0.15) is 0 Å². The highest BCUT2D eigenvalue weighted by Crippen LogP contribution is 2.30. The summed E-state index contributed by atoms with van der Waals surface area (Å²) < 4.78 is 22.9. The Balaban J connectivity index is 1.72. The van der Waals surface area contributed by atoms with E-state index in [9.17, 15) is 45.6 Å². The molecule has 14 heteroatoms. The van der Waals surface area contributed by atoms with Crippen LogP contribution >= 0.6 is 0 Å². The van der Waals surface area contributed by atoms with Crippen molar-refractivity contribution in [2.45, 2.75) is 357 Å². The van der Waals surface area contributed by atoms with E-state index in [4.69, 9.17) is 18.9 Å². The van der Waals surface area contributed by atoms with Crippen LogP contribution in [0.5, 0.6) is 0 Å². The number of carbonyl (C=O) groups is 1. The van der Waals surface area contributed by atoms with Crippen LogP contribution in [0.4, 0.5) is 0 Å². The number of aliphatic hydroxyl groups is 8. The second-order valence-corrected chi connectivity index (χ2v) is 22.6. The molecule has 0 spiro atoms. The molecule has 2 fully saturated rings. The number of unbranched alkanes of at least 4 members (excludes halogenated alkanes) is 38. The third-order valence-electron chi connectivity index (χ3n) is 15.8. The Labute approximate surface area is 451 Å². The van der Waals surface area contributed by atoms with Crippen molar-refractivity contribution in [3.8, 4) is 0 Å². The Kier molecular flexibility index (Phi) is 43.8. The summed E-state index contributed by atoms with van der Waals surface area (Å²) in [6, 6.07) is -0.823. The number of rotatable bonds is 51. The lowest BCUT2D eigenvalue weighted by Gasteiger charge is -2.46. The fourth-order valence-electron chi connectivity index (χ4n) is 10.8. The normalized spacial score (nSPS) is 25.1. The van der Waals surface area contributed by atoms with Crippen LogP contribution in [-0.2, 0) is 23.7 Å². The molecule has 2 rings (SSSR count). The largest absolute Gasteiger partial charge is 0.394 e. The minimum absolute atomic E-state index is 0.200. The summed E-state index contributed by atoms with van der Waals surface area (Å²) in [5.41, 5.74) is 0. The molecule has 0 saturated carbocycles. The van der Waals surface area contributed by atoms with E-state index in [2.05, 4.69) is 19.2 Å². The molecule has 12 unspecified atom stereocenters. The fourth-order valence-corrected chi connectivity index (χ4v) is 10.8. The average Bonchev–Trinajstić information content (AvgIpc) is 3.40. The van der Waals surface area contributed by atoms with Crippen LogP contribution in [0.15, 0.2) is 0 Å². The first-order valence-electron chi connectivity index (χ1n) is 31.3. The maximum Gasteiger partial charge on any atom is 0.220 e. The van der Waals surface area contributed by atoms with Crippen LogP contribution in [0.25, 0.3) is 0 Å². The van der Waals surface area contributed by atoms with Gasteiger partial charge in [0.1, 0.15) is 48.8 Å². The average molecular weight is 1060 g/mol. The monoisotopic (exact) mass is 1060 g/mol. The number of hydrogen-bond acceptors (Lipinski definition) is 13. The minimum Gasteiger partial charge on any atom is -0.394 e. The van der Waals surface area contributed by atoms with Gasteiger partial charge in [-0.05, 0) is 12.8 Å². The third kappa shape index (κ3) is 32.2. The first-order valence-corrected chi connectivity index (χ1v) is 31.3. The second kappa shape index (κ2) is 46.9. The summed E-state index contributed by atoms with van der Waals surface area (Å²) in [5.74, 6) is -0.200. The molecule has 2 heterocycles. The zero-order valence-corrected chi connectivity index (χ0v) is 47.4. The van der Waals surface area contributed by atoms with Gasteiger partial charge in [-0.25, -0.2) is 0 Å². The first kappa shape index (κ1) is 69.1. The van der Waals surface area contributed by atoms with Crippen molar-refractivity contribution in [2.24, 2.45) is 0 Å². The molecule has 0 radical (unpaired) electrons. The molecule has 0 aromatic rings. The number of ether oxygens (including phenoxy) is 4. The molecule has 1 amide bonds. The lowest BCUT2D eigenvalue weighted by atomic mass is 9.97. The summed E-state index contributed by atoms with van der Waals surface area (Å²) in [7, 11) is 0. The van der Waals surface area contributed by atoms with Crippen LogP contribution in [-0.4, -0.2) is 140 Å². The predicted molar refractivity (Wildman–Crippen MR) is 296 cm³/mol. The van der Waals surface area contributed by atoms with Gasteiger partial charge in [0.25, 0.3) is 0 Å². The van der Waals surface area contributed by atoms with Gasteiger partial charge in [-0.15, -0.1) is 0 Å². The predicted octanol–water partition coefficient (Wildman–Crippen LogP) is 10.9. The Morgan fingerprint density at radius 1 is 0.432 bits per heavy atom. The lowest BCUT2D eigenvalue weighted by molar-refractivity contribution is -0.359. The van der Waals surface area contributed by atoms with Crippen molar-refractivity contribution in [1.82, 2.24) is 5.32 Å². The smallest absolute Gasteiger partial charge is 0.220 e. The van der Waals surface area contributed by atoms with E-state index in [0.29, 0.717) is 12.8 Å². The molecule has 0 aromatic carbocycles. The lowest BCUT2D eigenvalue weighted by Crippen LogP contribution is -2.65. The van der Waals surface area contributed by atoms with Crippen LogP contribution in [0.3, 0.4) is 0 Å². The summed E-state index contributed by atoms with van der Waals surface area (Å²) in [5, 5.41) is 87.3. The van der Waals surface area contributed by atoms with Crippen molar-refractivity contribution >= 4 is 5.91 Å². The molecule has 2 aliphatic heterocycles. The number of hydrogen-bond donors (Lipinski definition) is 9. The van der Waals surface area contributed by atoms with E-state index in [1.807, 2.05) is 0 Å². The first-order chi connectivity index (χ1) is 36.1. The number of nitrogens with one attached hydrogen (secondary N) is 1. The molecular formula is C60H117NO13. The number of aliphatic hydroxyl groups excluding tert-OH is 8. The molecule has 0 aromatic heterocycles. The maximum absolute atomic E-state index is 13.3. The zero-order valence-electron chi connectivity index (χ0n) is 47.4. The fraction of sp³-hybridized carbons (Fsp3) is 0.983. The highest BCUT2D eigenvalue weighted by Gasteiger charge is 2.51. The summed E-state index contributed by atoms with van der Waals surface area (Å²) in [6.07, 6.45) is 35.3. The minimum atomic E-state index is -1.78. The molecular weight excluding hydrogens is 943 g/mol. The van der Waals surface area contributed by atoms with E-state index in [0.717, 1.165) is 51.4 Å². The summed E-state index contributed by atoms with van der Waals surface area (Å²) >= 11 is 0. The van der Waals surface area contributed by atoms with E-state index < -0.39 is 86.8 Å². The maximum atomic E-state index is 13.3. The van der Waals surface area contributed by atoms with Crippen molar-refractivity contribution in [3.05, 3.63) is 0 Å². The highest BCUT2D eigenvalue weighted by atomic mass is 16.7. The van der Waals surface area contributed by atoms with E-state index in [-0.39, 0.29) is 12.5 Å². The molecule has 2 aliphatic rings. The quantitative estimate of drug-likeness (QED) is 0.0259. The topological polar surface area (TPSA) is 228 Å². The number of amides is 1. The Bertz CT molecular complexity index is 1250. The Morgan fingerprint density at radius 3 is 1.15 bits per heavy atom. The van der Waals surface area contributed by atoms with E-state index in [1.165, 1.54) is 205 Å². The van der Waals surface area contributed by atoms with Crippen LogP contribution < -0.4 is 5.32 Å². The SMILES string of the molecule is CCCCCCCCCCCCCCCCCCCCCCCCCC(O)C(COC1OC(CO)C(OC2OC(CO)C(O)C(O)C2O)C(O)C1O)NC(=O)CCCCCCCCCCCCCCCCCCC. The van der Waals surface area contributed by atoms with Crippen molar-refractivity contribution < 1.29 is 64.6 Å². The van der Waals surface area contributed by atoms with Crippen molar-refractivity contribution in [1.29, 1.82) is 0 Å². The third-order valence-corrected chi connectivity index (χ3v) is 15.8. The summed E-state index contributed by atoms with van der Waals surface area (Å²) in [4.78, 5) is 13.3. The van der Waals surface area contributed by atoms with Crippen LogP contribution in [0.1, 0.15) is 284 Å².